The zero-order chi connectivity index (χ0) is 9.10. The first kappa shape index (κ1) is 9.19. The molecule has 72 valence electrons. The summed E-state index contributed by atoms with van der Waals surface area (Å²) in [6.07, 6.45) is 2.52. The van der Waals surface area contributed by atoms with Gasteiger partial charge in [-0.05, 0) is 43.4 Å². The van der Waals surface area contributed by atoms with Crippen molar-refractivity contribution in [2.75, 3.05) is 20.2 Å². The molecular weight excluding hydrogens is 182 g/mol. The predicted molar refractivity (Wildman–Crippen MR) is 55.3 cm³/mol. The van der Waals surface area contributed by atoms with Crippen LogP contribution in [-0.4, -0.2) is 20.2 Å². The topological polar surface area (TPSA) is 21.3 Å². The molecule has 0 aromatic carbocycles. The molecule has 1 atom stereocenters. The van der Waals surface area contributed by atoms with E-state index in [4.69, 9.17) is 4.74 Å². The van der Waals surface area contributed by atoms with Crippen LogP contribution >= 0.6 is 11.3 Å². The Bertz CT molecular complexity index is 272. The Kier molecular flexibility index (Phi) is 2.98. The lowest BCUT2D eigenvalue weighted by Gasteiger charge is -2.22. The summed E-state index contributed by atoms with van der Waals surface area (Å²) in [5.41, 5.74) is 1.50. The van der Waals surface area contributed by atoms with Gasteiger partial charge in [0.15, 0.2) is 0 Å². The third-order valence-corrected chi connectivity index (χ3v) is 3.47. The minimum atomic E-state index is 0.344. The van der Waals surface area contributed by atoms with E-state index >= 15 is 0 Å². The number of fused-ring (bicyclic) bond motifs is 1. The van der Waals surface area contributed by atoms with Gasteiger partial charge in [-0.15, -0.1) is 11.3 Å². The highest BCUT2D eigenvalue weighted by atomic mass is 32.1. The average Bonchev–Trinajstić information content (AvgIpc) is 2.62. The molecule has 0 fully saturated rings. The summed E-state index contributed by atoms with van der Waals surface area (Å²) >= 11 is 1.83. The van der Waals surface area contributed by atoms with Gasteiger partial charge in [0, 0.05) is 4.88 Å². The quantitative estimate of drug-likeness (QED) is 0.800. The van der Waals surface area contributed by atoms with Gasteiger partial charge in [0.25, 0.3) is 0 Å². The number of thiophene rings is 1. The number of ether oxygens (including phenoxy) is 1. The molecule has 0 spiro atoms. The van der Waals surface area contributed by atoms with Gasteiger partial charge in [-0.3, -0.25) is 0 Å². The Morgan fingerprint density at radius 2 is 2.62 bits per heavy atom. The summed E-state index contributed by atoms with van der Waals surface area (Å²) in [4.78, 5) is 1.45. The van der Waals surface area contributed by atoms with Gasteiger partial charge in [0.2, 0.25) is 0 Å². The van der Waals surface area contributed by atoms with Crippen molar-refractivity contribution in [2.45, 2.75) is 18.9 Å². The summed E-state index contributed by atoms with van der Waals surface area (Å²) < 4.78 is 5.74. The second kappa shape index (κ2) is 4.22. The first-order chi connectivity index (χ1) is 6.42. The molecule has 2 heterocycles. The highest BCUT2D eigenvalue weighted by molar-refractivity contribution is 7.10. The fourth-order valence-electron chi connectivity index (χ4n) is 1.71. The molecule has 0 radical (unpaired) electrons. The number of rotatable bonds is 3. The minimum Gasteiger partial charge on any atom is -0.372 e. The Morgan fingerprint density at radius 1 is 1.69 bits per heavy atom. The summed E-state index contributed by atoms with van der Waals surface area (Å²) in [7, 11) is 1.98. The lowest BCUT2D eigenvalue weighted by Crippen LogP contribution is -2.18. The first-order valence-electron chi connectivity index (χ1n) is 4.74. The van der Waals surface area contributed by atoms with Crippen molar-refractivity contribution in [2.24, 2.45) is 0 Å². The zero-order valence-corrected chi connectivity index (χ0v) is 8.69. The molecule has 0 amide bonds. The second-order valence-electron chi connectivity index (χ2n) is 3.31. The van der Waals surface area contributed by atoms with Gasteiger partial charge < -0.3 is 10.1 Å². The van der Waals surface area contributed by atoms with E-state index in [0.717, 1.165) is 26.0 Å². The third kappa shape index (κ3) is 1.93. The smallest absolute Gasteiger partial charge is 0.0931 e. The number of nitrogens with one attached hydrogen (secondary N) is 1. The molecule has 1 aromatic rings. The molecule has 0 saturated heterocycles. The van der Waals surface area contributed by atoms with E-state index < -0.39 is 0 Å². The number of hydrogen-bond acceptors (Lipinski definition) is 3. The molecule has 2 rings (SSSR count). The molecule has 0 saturated carbocycles. The summed E-state index contributed by atoms with van der Waals surface area (Å²) in [5.74, 6) is 0. The molecule has 1 aromatic heterocycles. The molecule has 0 bridgehead atoms. The van der Waals surface area contributed by atoms with Crippen molar-refractivity contribution in [1.82, 2.24) is 5.32 Å². The van der Waals surface area contributed by atoms with E-state index in [0.29, 0.717) is 6.10 Å². The van der Waals surface area contributed by atoms with Crippen LogP contribution in [0.4, 0.5) is 0 Å². The van der Waals surface area contributed by atoms with E-state index in [2.05, 4.69) is 16.8 Å². The molecule has 2 nitrogen and oxygen atoms in total. The molecule has 1 N–H and O–H groups in total. The van der Waals surface area contributed by atoms with Crippen LogP contribution < -0.4 is 5.32 Å². The monoisotopic (exact) mass is 197 g/mol. The minimum absolute atomic E-state index is 0.344. The van der Waals surface area contributed by atoms with E-state index in [1.54, 1.807) is 0 Å². The zero-order valence-electron chi connectivity index (χ0n) is 7.88. The Balaban J connectivity index is 2.07. The van der Waals surface area contributed by atoms with Crippen molar-refractivity contribution < 1.29 is 4.74 Å². The molecule has 1 aliphatic heterocycles. The van der Waals surface area contributed by atoms with Gasteiger partial charge in [0.05, 0.1) is 12.7 Å². The molecule has 1 aliphatic rings. The van der Waals surface area contributed by atoms with Crippen molar-refractivity contribution in [3.05, 3.63) is 21.9 Å². The molecule has 0 aliphatic carbocycles. The summed E-state index contributed by atoms with van der Waals surface area (Å²) in [5, 5.41) is 5.33. The average molecular weight is 197 g/mol. The molecule has 0 unspecified atom stereocenters. The molecule has 13 heavy (non-hydrogen) atoms. The van der Waals surface area contributed by atoms with E-state index in [1.807, 2.05) is 18.4 Å². The van der Waals surface area contributed by atoms with Crippen molar-refractivity contribution in [3.8, 4) is 0 Å². The van der Waals surface area contributed by atoms with Gasteiger partial charge in [-0.2, -0.15) is 0 Å². The van der Waals surface area contributed by atoms with Crippen LogP contribution in [0, 0.1) is 0 Å². The molecular formula is C10H15NOS. The fourth-order valence-corrected chi connectivity index (χ4v) is 2.75. The van der Waals surface area contributed by atoms with E-state index in [1.165, 1.54) is 10.4 Å². The lowest BCUT2D eigenvalue weighted by atomic mass is 10.1. The number of hydrogen-bond donors (Lipinski definition) is 1. The van der Waals surface area contributed by atoms with Crippen molar-refractivity contribution in [1.29, 1.82) is 0 Å². The van der Waals surface area contributed by atoms with Crippen LogP contribution in [0.2, 0.25) is 0 Å². The highest BCUT2D eigenvalue weighted by Crippen LogP contribution is 2.33. The lowest BCUT2D eigenvalue weighted by molar-refractivity contribution is 0.0401. The van der Waals surface area contributed by atoms with Crippen LogP contribution in [0.15, 0.2) is 11.4 Å². The predicted octanol–water partition coefficient (Wildman–Crippen LogP) is 1.97. The largest absolute Gasteiger partial charge is 0.372 e. The SMILES string of the molecule is CNCC[C@@H]1OCCc2ccsc21. The first-order valence-corrected chi connectivity index (χ1v) is 5.62. The van der Waals surface area contributed by atoms with Gasteiger partial charge in [-0.1, -0.05) is 0 Å². The Morgan fingerprint density at radius 3 is 3.46 bits per heavy atom. The van der Waals surface area contributed by atoms with E-state index in [9.17, 15) is 0 Å². The van der Waals surface area contributed by atoms with Gasteiger partial charge in [0.1, 0.15) is 0 Å². The summed E-state index contributed by atoms with van der Waals surface area (Å²) in [6.45, 7) is 1.92. The highest BCUT2D eigenvalue weighted by Gasteiger charge is 2.21. The van der Waals surface area contributed by atoms with Crippen LogP contribution in [0.5, 0.6) is 0 Å². The Hall–Kier alpha value is -0.380. The third-order valence-electron chi connectivity index (χ3n) is 2.42. The second-order valence-corrected chi connectivity index (χ2v) is 4.26. The van der Waals surface area contributed by atoms with Crippen LogP contribution in [0.3, 0.4) is 0 Å². The maximum Gasteiger partial charge on any atom is 0.0931 e. The van der Waals surface area contributed by atoms with Crippen LogP contribution in [0.1, 0.15) is 23.0 Å². The fraction of sp³-hybridized carbons (Fsp3) is 0.600. The van der Waals surface area contributed by atoms with Gasteiger partial charge >= 0.3 is 0 Å². The summed E-state index contributed by atoms with van der Waals surface area (Å²) in [6, 6.07) is 2.23. The van der Waals surface area contributed by atoms with Crippen molar-refractivity contribution >= 4 is 11.3 Å². The maximum absolute atomic E-state index is 5.74. The normalized spacial score (nSPS) is 21.5. The van der Waals surface area contributed by atoms with Crippen molar-refractivity contribution in [3.63, 3.8) is 0 Å². The maximum atomic E-state index is 5.74. The Labute approximate surface area is 82.9 Å². The standard InChI is InChI=1S/C10H15NOS/c1-11-5-2-9-10-8(3-6-12-9)4-7-13-10/h4,7,9,11H,2-3,5-6H2,1H3/t9-/m0/s1. The van der Waals surface area contributed by atoms with Crippen LogP contribution in [0.25, 0.3) is 0 Å². The van der Waals surface area contributed by atoms with Crippen LogP contribution in [-0.2, 0) is 11.2 Å². The molecule has 3 heteroatoms. The van der Waals surface area contributed by atoms with E-state index in [-0.39, 0.29) is 0 Å². The van der Waals surface area contributed by atoms with Gasteiger partial charge in [-0.25, -0.2) is 0 Å².